The minimum absolute atomic E-state index is 0.501. The van der Waals surface area contributed by atoms with E-state index in [2.05, 4.69) is 54.4 Å². The number of likely N-dealkylation sites (tertiary alicyclic amines) is 1. The summed E-state index contributed by atoms with van der Waals surface area (Å²) < 4.78 is 0. The first-order chi connectivity index (χ1) is 8.65. The standard InChI is InChI=1S/C16H24N2/c1-16(2)8-9-17-15-12-18(11-14(15)16)10-13-6-4-3-5-7-13/h3-7,14-15,17H,8-12H2,1-2H3. The summed E-state index contributed by atoms with van der Waals surface area (Å²) in [6, 6.07) is 11.6. The van der Waals surface area contributed by atoms with Gasteiger partial charge in [0.15, 0.2) is 0 Å². The van der Waals surface area contributed by atoms with E-state index in [-0.39, 0.29) is 0 Å². The summed E-state index contributed by atoms with van der Waals surface area (Å²) in [5, 5.41) is 3.71. The van der Waals surface area contributed by atoms with Gasteiger partial charge in [-0.25, -0.2) is 0 Å². The van der Waals surface area contributed by atoms with Crippen molar-refractivity contribution >= 4 is 0 Å². The third-order valence-corrected chi connectivity index (χ3v) is 4.82. The van der Waals surface area contributed by atoms with Crippen molar-refractivity contribution in [3.63, 3.8) is 0 Å². The molecule has 0 aromatic heterocycles. The van der Waals surface area contributed by atoms with Crippen LogP contribution in [0.2, 0.25) is 0 Å². The molecule has 1 aromatic carbocycles. The maximum Gasteiger partial charge on any atom is 0.0240 e. The van der Waals surface area contributed by atoms with Gasteiger partial charge in [0.25, 0.3) is 0 Å². The molecule has 2 fully saturated rings. The first-order valence-corrected chi connectivity index (χ1v) is 7.15. The number of nitrogens with zero attached hydrogens (tertiary/aromatic N) is 1. The molecule has 2 nitrogen and oxygen atoms in total. The molecule has 1 aromatic rings. The second kappa shape index (κ2) is 4.67. The summed E-state index contributed by atoms with van der Waals surface area (Å²) >= 11 is 0. The lowest BCUT2D eigenvalue weighted by atomic mass is 9.71. The van der Waals surface area contributed by atoms with E-state index in [0.29, 0.717) is 11.5 Å². The van der Waals surface area contributed by atoms with Gasteiger partial charge in [0.2, 0.25) is 0 Å². The SMILES string of the molecule is CC1(C)CCNC2CN(Cc3ccccc3)CC21. The van der Waals surface area contributed by atoms with E-state index >= 15 is 0 Å². The molecule has 1 N–H and O–H groups in total. The van der Waals surface area contributed by atoms with Gasteiger partial charge in [0.05, 0.1) is 0 Å². The fourth-order valence-corrected chi connectivity index (χ4v) is 3.62. The van der Waals surface area contributed by atoms with E-state index < -0.39 is 0 Å². The number of nitrogens with one attached hydrogen (secondary N) is 1. The van der Waals surface area contributed by atoms with Gasteiger partial charge in [-0.05, 0) is 29.9 Å². The molecule has 98 valence electrons. The summed E-state index contributed by atoms with van der Waals surface area (Å²) in [5.41, 5.74) is 1.94. The molecule has 2 atom stereocenters. The van der Waals surface area contributed by atoms with Gasteiger partial charge >= 0.3 is 0 Å². The molecule has 2 saturated heterocycles. The Morgan fingerprint density at radius 3 is 2.72 bits per heavy atom. The van der Waals surface area contributed by atoms with Crippen molar-refractivity contribution in [2.24, 2.45) is 11.3 Å². The Labute approximate surface area is 110 Å². The van der Waals surface area contributed by atoms with E-state index in [1.165, 1.54) is 31.6 Å². The highest BCUT2D eigenvalue weighted by atomic mass is 15.2. The van der Waals surface area contributed by atoms with Gasteiger partial charge in [-0.1, -0.05) is 44.2 Å². The highest BCUT2D eigenvalue weighted by Gasteiger charge is 2.44. The molecule has 0 spiro atoms. The average Bonchev–Trinajstić information content (AvgIpc) is 2.74. The zero-order chi connectivity index (χ0) is 12.6. The normalized spacial score (nSPS) is 31.2. The summed E-state index contributed by atoms with van der Waals surface area (Å²) in [4.78, 5) is 2.62. The Morgan fingerprint density at radius 1 is 1.22 bits per heavy atom. The van der Waals surface area contributed by atoms with Gasteiger partial charge in [0.1, 0.15) is 0 Å². The molecule has 0 radical (unpaired) electrons. The van der Waals surface area contributed by atoms with Crippen LogP contribution < -0.4 is 5.32 Å². The fourth-order valence-electron chi connectivity index (χ4n) is 3.62. The van der Waals surface area contributed by atoms with Crippen molar-refractivity contribution < 1.29 is 0 Å². The van der Waals surface area contributed by atoms with Crippen LogP contribution in [0, 0.1) is 11.3 Å². The highest BCUT2D eigenvalue weighted by Crippen LogP contribution is 2.40. The molecule has 2 heteroatoms. The first-order valence-electron chi connectivity index (χ1n) is 7.15. The Bertz CT molecular complexity index is 399. The van der Waals surface area contributed by atoms with Crippen LogP contribution in [0.5, 0.6) is 0 Å². The summed E-state index contributed by atoms with van der Waals surface area (Å²) in [5.74, 6) is 0.815. The van der Waals surface area contributed by atoms with Crippen molar-refractivity contribution in [3.8, 4) is 0 Å². The van der Waals surface area contributed by atoms with E-state index in [9.17, 15) is 0 Å². The Balaban J connectivity index is 1.68. The van der Waals surface area contributed by atoms with E-state index in [1.54, 1.807) is 0 Å². The van der Waals surface area contributed by atoms with Crippen LogP contribution in [0.15, 0.2) is 30.3 Å². The average molecular weight is 244 g/mol. The third-order valence-electron chi connectivity index (χ3n) is 4.82. The van der Waals surface area contributed by atoms with Crippen LogP contribution in [-0.2, 0) is 6.54 Å². The van der Waals surface area contributed by atoms with Crippen molar-refractivity contribution in [2.45, 2.75) is 32.9 Å². The van der Waals surface area contributed by atoms with Crippen LogP contribution in [0.1, 0.15) is 25.8 Å². The van der Waals surface area contributed by atoms with Crippen LogP contribution >= 0.6 is 0 Å². The number of hydrogen-bond acceptors (Lipinski definition) is 2. The van der Waals surface area contributed by atoms with E-state index in [0.717, 1.165) is 12.5 Å². The van der Waals surface area contributed by atoms with Gasteiger partial charge in [0, 0.05) is 25.7 Å². The maximum absolute atomic E-state index is 3.71. The van der Waals surface area contributed by atoms with E-state index in [4.69, 9.17) is 0 Å². The predicted molar refractivity (Wildman–Crippen MR) is 75.4 cm³/mol. The third kappa shape index (κ3) is 2.32. The number of rotatable bonds is 2. The van der Waals surface area contributed by atoms with Crippen molar-refractivity contribution in [3.05, 3.63) is 35.9 Å². The topological polar surface area (TPSA) is 15.3 Å². The monoisotopic (exact) mass is 244 g/mol. The Kier molecular flexibility index (Phi) is 3.16. The first kappa shape index (κ1) is 12.2. The summed E-state index contributed by atoms with van der Waals surface area (Å²) in [6.07, 6.45) is 1.31. The minimum Gasteiger partial charge on any atom is -0.312 e. The molecule has 0 saturated carbocycles. The molecular formula is C16H24N2. The van der Waals surface area contributed by atoms with Crippen molar-refractivity contribution in [1.82, 2.24) is 10.2 Å². The van der Waals surface area contributed by atoms with E-state index in [1.807, 2.05) is 0 Å². The number of hydrogen-bond donors (Lipinski definition) is 1. The van der Waals surface area contributed by atoms with Gasteiger partial charge < -0.3 is 5.32 Å². The smallest absolute Gasteiger partial charge is 0.0240 e. The van der Waals surface area contributed by atoms with Crippen LogP contribution in [-0.4, -0.2) is 30.6 Å². The molecular weight excluding hydrogens is 220 g/mol. The summed E-state index contributed by atoms with van der Waals surface area (Å²) in [6.45, 7) is 9.64. The van der Waals surface area contributed by atoms with Crippen LogP contribution in [0.4, 0.5) is 0 Å². The number of piperidine rings is 1. The highest BCUT2D eigenvalue weighted by molar-refractivity contribution is 5.15. The maximum atomic E-state index is 3.71. The Morgan fingerprint density at radius 2 is 2.00 bits per heavy atom. The quantitative estimate of drug-likeness (QED) is 0.860. The second-order valence-electron chi connectivity index (χ2n) is 6.59. The van der Waals surface area contributed by atoms with Gasteiger partial charge in [-0.15, -0.1) is 0 Å². The molecule has 0 bridgehead atoms. The van der Waals surface area contributed by atoms with Crippen LogP contribution in [0.25, 0.3) is 0 Å². The molecule has 2 aliphatic rings. The largest absolute Gasteiger partial charge is 0.312 e. The Hall–Kier alpha value is -0.860. The lowest BCUT2D eigenvalue weighted by molar-refractivity contribution is 0.134. The molecule has 2 unspecified atom stereocenters. The number of benzene rings is 1. The molecule has 2 heterocycles. The molecule has 0 amide bonds. The van der Waals surface area contributed by atoms with Crippen LogP contribution in [0.3, 0.4) is 0 Å². The number of fused-ring (bicyclic) bond motifs is 1. The molecule has 3 rings (SSSR count). The predicted octanol–water partition coefficient (Wildman–Crippen LogP) is 2.51. The van der Waals surface area contributed by atoms with Gasteiger partial charge in [-0.3, -0.25) is 4.90 Å². The summed E-state index contributed by atoms with van der Waals surface area (Å²) in [7, 11) is 0. The van der Waals surface area contributed by atoms with Crippen molar-refractivity contribution in [1.29, 1.82) is 0 Å². The molecule has 0 aliphatic carbocycles. The van der Waals surface area contributed by atoms with Crippen molar-refractivity contribution in [2.75, 3.05) is 19.6 Å². The van der Waals surface area contributed by atoms with Gasteiger partial charge in [-0.2, -0.15) is 0 Å². The molecule has 18 heavy (non-hydrogen) atoms. The lowest BCUT2D eigenvalue weighted by Crippen LogP contribution is -2.49. The fraction of sp³-hybridized carbons (Fsp3) is 0.625. The molecule has 2 aliphatic heterocycles. The zero-order valence-electron chi connectivity index (χ0n) is 11.5. The second-order valence-corrected chi connectivity index (χ2v) is 6.59. The zero-order valence-corrected chi connectivity index (χ0v) is 11.5. The minimum atomic E-state index is 0.501. The lowest BCUT2D eigenvalue weighted by Gasteiger charge is -2.40.